The van der Waals surface area contributed by atoms with Crippen LogP contribution in [0.4, 0.5) is 0 Å². The van der Waals surface area contributed by atoms with E-state index in [1.54, 1.807) is 25.2 Å². The van der Waals surface area contributed by atoms with Crippen LogP contribution in [-0.4, -0.2) is 32.0 Å². The first-order chi connectivity index (χ1) is 9.17. The van der Waals surface area contributed by atoms with E-state index in [4.69, 9.17) is 5.73 Å². The van der Waals surface area contributed by atoms with Crippen molar-refractivity contribution in [3.8, 4) is 11.8 Å². The van der Waals surface area contributed by atoms with Crippen LogP contribution in [0.3, 0.4) is 0 Å². The number of amides is 2. The Labute approximate surface area is 112 Å². The van der Waals surface area contributed by atoms with E-state index < -0.39 is 0 Å². The van der Waals surface area contributed by atoms with E-state index in [0.29, 0.717) is 12.1 Å². The lowest BCUT2D eigenvalue weighted by molar-refractivity contribution is -0.120. The minimum absolute atomic E-state index is 0.108. The highest BCUT2D eigenvalue weighted by Gasteiger charge is 2.06. The molecule has 0 aliphatic carbocycles. The van der Waals surface area contributed by atoms with Gasteiger partial charge in [-0.3, -0.25) is 9.59 Å². The standard InChI is InChI=1S/C14H17N3O2/c1-16-13(18)7-9-17-14(19)12-6-2-4-11(10-12)5-3-8-15/h2,4,6,10H,7-9,15H2,1H3,(H,16,18)(H,17,19). The first kappa shape index (κ1) is 14.7. The first-order valence-corrected chi connectivity index (χ1v) is 5.95. The molecule has 0 aliphatic heterocycles. The summed E-state index contributed by atoms with van der Waals surface area (Å²) in [7, 11) is 1.56. The lowest BCUT2D eigenvalue weighted by Crippen LogP contribution is -2.29. The molecule has 0 fully saturated rings. The van der Waals surface area contributed by atoms with Gasteiger partial charge in [0.2, 0.25) is 5.91 Å². The molecule has 1 aromatic carbocycles. The molecule has 0 unspecified atom stereocenters. The second kappa shape index (κ2) is 7.90. The summed E-state index contributed by atoms with van der Waals surface area (Å²) >= 11 is 0. The van der Waals surface area contributed by atoms with Crippen LogP contribution in [0.15, 0.2) is 24.3 Å². The molecule has 0 radical (unpaired) electrons. The van der Waals surface area contributed by atoms with Gasteiger partial charge in [-0.1, -0.05) is 17.9 Å². The van der Waals surface area contributed by atoms with E-state index in [1.807, 2.05) is 6.07 Å². The van der Waals surface area contributed by atoms with Gasteiger partial charge in [0.15, 0.2) is 0 Å². The number of carbonyl (C=O) groups is 2. The highest BCUT2D eigenvalue weighted by molar-refractivity contribution is 5.94. The van der Waals surface area contributed by atoms with Crippen LogP contribution in [-0.2, 0) is 4.79 Å². The Morgan fingerprint density at radius 2 is 2.16 bits per heavy atom. The number of hydrogen-bond donors (Lipinski definition) is 3. The molecule has 5 nitrogen and oxygen atoms in total. The summed E-state index contributed by atoms with van der Waals surface area (Å²) in [4.78, 5) is 22.8. The quantitative estimate of drug-likeness (QED) is 0.658. The minimum Gasteiger partial charge on any atom is -0.359 e. The zero-order chi connectivity index (χ0) is 14.1. The molecule has 4 N–H and O–H groups in total. The van der Waals surface area contributed by atoms with Gasteiger partial charge in [-0.2, -0.15) is 0 Å². The molecular formula is C14H17N3O2. The predicted molar refractivity (Wildman–Crippen MR) is 73.4 cm³/mol. The van der Waals surface area contributed by atoms with Crippen LogP contribution in [0.2, 0.25) is 0 Å². The third-order valence-electron chi connectivity index (χ3n) is 2.38. The molecule has 0 saturated carbocycles. The molecule has 0 heterocycles. The third-order valence-corrected chi connectivity index (χ3v) is 2.38. The van der Waals surface area contributed by atoms with Gasteiger partial charge in [0.1, 0.15) is 0 Å². The second-order valence-corrected chi connectivity index (χ2v) is 3.77. The molecular weight excluding hydrogens is 242 g/mol. The summed E-state index contributed by atoms with van der Waals surface area (Å²) in [5.74, 6) is 5.26. The maximum atomic E-state index is 11.8. The Balaban J connectivity index is 2.59. The van der Waals surface area contributed by atoms with Gasteiger partial charge in [-0.05, 0) is 18.2 Å². The fourth-order valence-electron chi connectivity index (χ4n) is 1.41. The number of hydrogen-bond acceptors (Lipinski definition) is 3. The van der Waals surface area contributed by atoms with Gasteiger partial charge in [0.25, 0.3) is 5.91 Å². The Morgan fingerprint density at radius 1 is 1.37 bits per heavy atom. The van der Waals surface area contributed by atoms with Crippen LogP contribution in [0.1, 0.15) is 22.3 Å². The van der Waals surface area contributed by atoms with Crippen molar-refractivity contribution in [3.63, 3.8) is 0 Å². The predicted octanol–water partition coefficient (Wildman–Crippen LogP) is -0.137. The summed E-state index contributed by atoms with van der Waals surface area (Å²) in [5, 5.41) is 5.17. The molecule has 0 saturated heterocycles. The number of nitrogens with two attached hydrogens (primary N) is 1. The van der Waals surface area contributed by atoms with Gasteiger partial charge in [-0.15, -0.1) is 0 Å². The number of nitrogens with one attached hydrogen (secondary N) is 2. The van der Waals surface area contributed by atoms with Crippen LogP contribution >= 0.6 is 0 Å². The van der Waals surface area contributed by atoms with E-state index in [0.717, 1.165) is 5.56 Å². The number of rotatable bonds is 4. The molecule has 0 spiro atoms. The van der Waals surface area contributed by atoms with Crippen molar-refractivity contribution >= 4 is 11.8 Å². The van der Waals surface area contributed by atoms with Crippen molar-refractivity contribution < 1.29 is 9.59 Å². The highest BCUT2D eigenvalue weighted by Crippen LogP contribution is 2.04. The van der Waals surface area contributed by atoms with Crippen molar-refractivity contribution in [3.05, 3.63) is 35.4 Å². The molecule has 19 heavy (non-hydrogen) atoms. The lowest BCUT2D eigenvalue weighted by Gasteiger charge is -2.05. The van der Waals surface area contributed by atoms with E-state index in [9.17, 15) is 9.59 Å². The van der Waals surface area contributed by atoms with Gasteiger partial charge >= 0.3 is 0 Å². The van der Waals surface area contributed by atoms with Gasteiger partial charge < -0.3 is 16.4 Å². The SMILES string of the molecule is CNC(=O)CCNC(=O)c1cccc(C#CCN)c1. The van der Waals surface area contributed by atoms with Crippen LogP contribution < -0.4 is 16.4 Å². The largest absolute Gasteiger partial charge is 0.359 e. The Bertz CT molecular complexity index is 515. The average molecular weight is 259 g/mol. The van der Waals surface area contributed by atoms with Gasteiger partial charge in [0, 0.05) is 31.1 Å². The molecule has 0 aliphatic rings. The highest BCUT2D eigenvalue weighted by atomic mass is 16.2. The lowest BCUT2D eigenvalue weighted by atomic mass is 10.1. The summed E-state index contributed by atoms with van der Waals surface area (Å²) < 4.78 is 0. The van der Waals surface area contributed by atoms with Crippen molar-refractivity contribution in [2.75, 3.05) is 20.1 Å². The van der Waals surface area contributed by atoms with Crippen LogP contribution in [0, 0.1) is 11.8 Å². The summed E-state index contributed by atoms with van der Waals surface area (Å²) in [6.45, 7) is 0.583. The third kappa shape index (κ3) is 5.23. The molecule has 2 amide bonds. The van der Waals surface area contributed by atoms with Crippen molar-refractivity contribution in [1.82, 2.24) is 10.6 Å². The molecule has 5 heteroatoms. The fourth-order valence-corrected chi connectivity index (χ4v) is 1.41. The Kier molecular flexibility index (Phi) is 6.13. The topological polar surface area (TPSA) is 84.2 Å². The minimum atomic E-state index is -0.222. The number of carbonyl (C=O) groups excluding carboxylic acids is 2. The summed E-state index contributed by atoms with van der Waals surface area (Å²) in [6, 6.07) is 6.96. The van der Waals surface area contributed by atoms with Crippen molar-refractivity contribution in [2.45, 2.75) is 6.42 Å². The normalized spacial score (nSPS) is 9.16. The second-order valence-electron chi connectivity index (χ2n) is 3.77. The Hall–Kier alpha value is -2.32. The van der Waals surface area contributed by atoms with Gasteiger partial charge in [0.05, 0.1) is 6.54 Å². The van der Waals surface area contributed by atoms with Gasteiger partial charge in [-0.25, -0.2) is 0 Å². The maximum absolute atomic E-state index is 11.8. The summed E-state index contributed by atoms with van der Waals surface area (Å²) in [6.07, 6.45) is 0.259. The smallest absolute Gasteiger partial charge is 0.251 e. The fraction of sp³-hybridized carbons (Fsp3) is 0.286. The van der Waals surface area contributed by atoms with E-state index in [2.05, 4.69) is 22.5 Å². The molecule has 100 valence electrons. The number of benzene rings is 1. The molecule has 0 aromatic heterocycles. The van der Waals surface area contributed by atoms with Crippen LogP contribution in [0.5, 0.6) is 0 Å². The molecule has 1 rings (SSSR count). The average Bonchev–Trinajstić information content (AvgIpc) is 2.45. The maximum Gasteiger partial charge on any atom is 0.251 e. The molecule has 0 atom stereocenters. The van der Waals surface area contributed by atoms with Crippen molar-refractivity contribution in [1.29, 1.82) is 0 Å². The van der Waals surface area contributed by atoms with Crippen molar-refractivity contribution in [2.24, 2.45) is 5.73 Å². The molecule has 1 aromatic rings. The van der Waals surface area contributed by atoms with E-state index in [1.165, 1.54) is 0 Å². The molecule has 0 bridgehead atoms. The van der Waals surface area contributed by atoms with E-state index in [-0.39, 0.29) is 24.8 Å². The Morgan fingerprint density at radius 3 is 2.84 bits per heavy atom. The van der Waals surface area contributed by atoms with Crippen LogP contribution in [0.25, 0.3) is 0 Å². The van der Waals surface area contributed by atoms with E-state index >= 15 is 0 Å². The monoisotopic (exact) mass is 259 g/mol. The zero-order valence-corrected chi connectivity index (χ0v) is 10.8. The summed E-state index contributed by atoms with van der Waals surface area (Å²) in [5.41, 5.74) is 6.55. The first-order valence-electron chi connectivity index (χ1n) is 5.95. The zero-order valence-electron chi connectivity index (χ0n) is 10.8.